The maximum Gasteiger partial charge on any atom is 0.211 e. The average Bonchev–Trinajstić information content (AvgIpc) is 2.04. The van der Waals surface area contributed by atoms with Crippen LogP contribution in [0.15, 0.2) is 12.1 Å². The van der Waals surface area contributed by atoms with Gasteiger partial charge in [0.05, 0.1) is 11.3 Å². The van der Waals surface area contributed by atoms with E-state index in [1.807, 2.05) is 6.07 Å². The van der Waals surface area contributed by atoms with Crippen LogP contribution in [0.4, 0.5) is 10.1 Å². The van der Waals surface area contributed by atoms with Crippen LogP contribution in [0, 0.1) is 24.1 Å². The van der Waals surface area contributed by atoms with Crippen molar-refractivity contribution in [2.24, 2.45) is 0 Å². The Morgan fingerprint density at radius 2 is 2.31 bits per heavy atom. The molecule has 1 N–H and O–H groups in total. The molecule has 0 atom stereocenters. The third-order valence-electron chi connectivity index (χ3n) is 1.63. The van der Waals surface area contributed by atoms with Crippen LogP contribution >= 0.6 is 0 Å². The van der Waals surface area contributed by atoms with E-state index in [9.17, 15) is 9.18 Å². The van der Waals surface area contributed by atoms with Crippen LogP contribution in [0.5, 0.6) is 0 Å². The van der Waals surface area contributed by atoms with Gasteiger partial charge in [-0.05, 0) is 24.6 Å². The minimum absolute atomic E-state index is 0.204. The summed E-state index contributed by atoms with van der Waals surface area (Å²) >= 11 is 0. The predicted molar refractivity (Wildman–Crippen MR) is 45.5 cm³/mol. The number of nitrogens with one attached hydrogen (secondary N) is 1. The summed E-state index contributed by atoms with van der Waals surface area (Å²) in [5.41, 5.74) is 0.996. The molecule has 0 aliphatic carbocycles. The van der Waals surface area contributed by atoms with Gasteiger partial charge in [0.1, 0.15) is 11.9 Å². The summed E-state index contributed by atoms with van der Waals surface area (Å²) in [5.74, 6) is -0.471. The number of benzene rings is 1. The zero-order valence-electron chi connectivity index (χ0n) is 6.97. The molecule has 3 nitrogen and oxygen atoms in total. The number of halogens is 1. The van der Waals surface area contributed by atoms with Gasteiger partial charge in [-0.15, -0.1) is 0 Å². The Kier molecular flexibility index (Phi) is 2.60. The lowest BCUT2D eigenvalue weighted by Gasteiger charge is -2.04. The molecule has 1 amide bonds. The topological polar surface area (TPSA) is 52.9 Å². The molecule has 0 spiro atoms. The van der Waals surface area contributed by atoms with Gasteiger partial charge in [0, 0.05) is 0 Å². The van der Waals surface area contributed by atoms with Gasteiger partial charge >= 0.3 is 0 Å². The molecule has 0 aliphatic heterocycles. The molecular formula is C9H7FN2O. The van der Waals surface area contributed by atoms with E-state index in [4.69, 9.17) is 5.26 Å². The van der Waals surface area contributed by atoms with Gasteiger partial charge in [-0.1, -0.05) is 0 Å². The van der Waals surface area contributed by atoms with Crippen molar-refractivity contribution < 1.29 is 9.18 Å². The molecule has 0 bridgehead atoms. The largest absolute Gasteiger partial charge is 0.327 e. The Labute approximate surface area is 74.8 Å². The number of hydrogen-bond donors (Lipinski definition) is 1. The number of rotatable bonds is 2. The Hall–Kier alpha value is -1.89. The summed E-state index contributed by atoms with van der Waals surface area (Å²) in [6.07, 6.45) is 0.412. The molecule has 66 valence electrons. The highest BCUT2D eigenvalue weighted by molar-refractivity contribution is 5.76. The first-order chi connectivity index (χ1) is 6.19. The van der Waals surface area contributed by atoms with E-state index in [1.54, 1.807) is 6.92 Å². The first kappa shape index (κ1) is 9.20. The van der Waals surface area contributed by atoms with Crippen molar-refractivity contribution in [3.63, 3.8) is 0 Å². The fraction of sp³-hybridized carbons (Fsp3) is 0.111. The average molecular weight is 178 g/mol. The number of aryl methyl sites for hydroxylation is 1. The van der Waals surface area contributed by atoms with Crippen LogP contribution in [0.3, 0.4) is 0 Å². The number of anilines is 1. The van der Waals surface area contributed by atoms with E-state index in [0.29, 0.717) is 12.0 Å². The zero-order chi connectivity index (χ0) is 9.84. The van der Waals surface area contributed by atoms with Crippen molar-refractivity contribution >= 4 is 12.1 Å². The van der Waals surface area contributed by atoms with E-state index in [2.05, 4.69) is 5.32 Å². The summed E-state index contributed by atoms with van der Waals surface area (Å²) in [6.45, 7) is 1.61. The van der Waals surface area contributed by atoms with Gasteiger partial charge in [0.25, 0.3) is 0 Å². The van der Waals surface area contributed by atoms with Crippen molar-refractivity contribution in [3.05, 3.63) is 29.1 Å². The molecule has 0 aromatic heterocycles. The van der Waals surface area contributed by atoms with Gasteiger partial charge in [-0.3, -0.25) is 4.79 Å². The molecule has 0 radical (unpaired) electrons. The molecule has 13 heavy (non-hydrogen) atoms. The summed E-state index contributed by atoms with van der Waals surface area (Å²) in [7, 11) is 0. The highest BCUT2D eigenvalue weighted by Crippen LogP contribution is 2.19. The lowest BCUT2D eigenvalue weighted by Crippen LogP contribution is -1.99. The molecule has 4 heteroatoms. The summed E-state index contributed by atoms with van der Waals surface area (Å²) < 4.78 is 12.8. The minimum atomic E-state index is -0.471. The van der Waals surface area contributed by atoms with Gasteiger partial charge in [-0.2, -0.15) is 5.26 Å². The summed E-state index contributed by atoms with van der Waals surface area (Å²) in [6, 6.07) is 4.24. The first-order valence-corrected chi connectivity index (χ1v) is 3.59. The van der Waals surface area contributed by atoms with E-state index in [-0.39, 0.29) is 11.3 Å². The molecule has 1 aromatic rings. The molecule has 0 fully saturated rings. The highest BCUT2D eigenvalue weighted by atomic mass is 19.1. The Bertz CT molecular complexity index is 382. The van der Waals surface area contributed by atoms with Gasteiger partial charge in [0.2, 0.25) is 6.41 Å². The fourth-order valence-electron chi connectivity index (χ4n) is 1.07. The van der Waals surface area contributed by atoms with E-state index < -0.39 is 5.82 Å². The van der Waals surface area contributed by atoms with Crippen molar-refractivity contribution in [1.29, 1.82) is 5.26 Å². The number of carbonyl (C=O) groups excluding carboxylic acids is 1. The number of hydrogen-bond acceptors (Lipinski definition) is 2. The van der Waals surface area contributed by atoms with Gasteiger partial charge < -0.3 is 5.32 Å². The van der Waals surface area contributed by atoms with Gasteiger partial charge in [-0.25, -0.2) is 4.39 Å². The Balaban J connectivity index is 3.31. The number of amides is 1. The number of nitriles is 1. The van der Waals surface area contributed by atoms with E-state index in [0.717, 1.165) is 6.07 Å². The maximum absolute atomic E-state index is 12.8. The van der Waals surface area contributed by atoms with Crippen molar-refractivity contribution in [2.75, 3.05) is 5.32 Å². The van der Waals surface area contributed by atoms with Gasteiger partial charge in [0.15, 0.2) is 0 Å². The molecule has 1 aromatic carbocycles. The van der Waals surface area contributed by atoms with Crippen LogP contribution in [0.2, 0.25) is 0 Å². The predicted octanol–water partition coefficient (Wildman–Crippen LogP) is 1.57. The monoisotopic (exact) mass is 178 g/mol. The van der Waals surface area contributed by atoms with Crippen molar-refractivity contribution in [3.8, 4) is 6.07 Å². The summed E-state index contributed by atoms with van der Waals surface area (Å²) in [5, 5.41) is 11.0. The van der Waals surface area contributed by atoms with E-state index >= 15 is 0 Å². The number of nitrogens with zero attached hydrogens (tertiary/aromatic N) is 1. The fourth-order valence-corrected chi connectivity index (χ4v) is 1.07. The molecule has 0 aliphatic rings. The van der Waals surface area contributed by atoms with Crippen molar-refractivity contribution in [1.82, 2.24) is 0 Å². The normalized spacial score (nSPS) is 9.00. The second-order valence-corrected chi connectivity index (χ2v) is 2.52. The zero-order valence-corrected chi connectivity index (χ0v) is 6.97. The summed E-state index contributed by atoms with van der Waals surface area (Å²) in [4.78, 5) is 10.1. The number of carbonyl (C=O) groups is 1. The standard InChI is InChI=1S/C9H7FN2O/c1-6-2-7(10)3-9(12-5-13)8(6)4-11/h2-3,5H,1H3,(H,12,13). The molecule has 1 rings (SSSR count). The minimum Gasteiger partial charge on any atom is -0.327 e. The van der Waals surface area contributed by atoms with Crippen LogP contribution in [-0.4, -0.2) is 6.41 Å². The van der Waals surface area contributed by atoms with Crippen molar-refractivity contribution in [2.45, 2.75) is 6.92 Å². The van der Waals surface area contributed by atoms with Crippen LogP contribution < -0.4 is 5.32 Å². The molecule has 0 saturated heterocycles. The third-order valence-corrected chi connectivity index (χ3v) is 1.63. The second-order valence-electron chi connectivity index (χ2n) is 2.52. The Morgan fingerprint density at radius 1 is 1.62 bits per heavy atom. The third kappa shape index (κ3) is 1.82. The SMILES string of the molecule is Cc1cc(F)cc(NC=O)c1C#N. The second kappa shape index (κ2) is 3.68. The highest BCUT2D eigenvalue weighted by Gasteiger charge is 2.06. The van der Waals surface area contributed by atoms with Crippen LogP contribution in [-0.2, 0) is 4.79 Å². The molecule has 0 heterocycles. The first-order valence-electron chi connectivity index (χ1n) is 3.59. The Morgan fingerprint density at radius 3 is 2.85 bits per heavy atom. The van der Waals surface area contributed by atoms with Crippen LogP contribution in [0.25, 0.3) is 0 Å². The lowest BCUT2D eigenvalue weighted by molar-refractivity contribution is -0.105. The molecule has 0 unspecified atom stereocenters. The molecule has 0 saturated carbocycles. The molecular weight excluding hydrogens is 171 g/mol. The maximum atomic E-state index is 12.8. The van der Waals surface area contributed by atoms with Crippen LogP contribution in [0.1, 0.15) is 11.1 Å². The quantitative estimate of drug-likeness (QED) is 0.699. The smallest absolute Gasteiger partial charge is 0.211 e. The van der Waals surface area contributed by atoms with E-state index in [1.165, 1.54) is 6.07 Å². The lowest BCUT2D eigenvalue weighted by atomic mass is 10.1.